The Morgan fingerprint density at radius 3 is 2.91 bits per heavy atom. The number of aromatic nitrogens is 2. The van der Waals surface area contributed by atoms with Crippen LogP contribution in [-0.2, 0) is 16.6 Å². The number of nitrogens with zero attached hydrogens (tertiary/aromatic N) is 4. The molecular formula is C17H28N4O2. The van der Waals surface area contributed by atoms with Gasteiger partial charge in [-0.1, -0.05) is 0 Å². The Bertz CT molecular complexity index is 524. The van der Waals surface area contributed by atoms with Gasteiger partial charge in [0, 0.05) is 52.1 Å². The fourth-order valence-corrected chi connectivity index (χ4v) is 3.55. The zero-order valence-corrected chi connectivity index (χ0v) is 14.3. The summed E-state index contributed by atoms with van der Waals surface area (Å²) in [5.74, 6) is 1.28. The molecule has 3 heterocycles. The van der Waals surface area contributed by atoms with Gasteiger partial charge in [-0.15, -0.1) is 0 Å². The molecule has 6 nitrogen and oxygen atoms in total. The first-order valence-electron chi connectivity index (χ1n) is 8.72. The molecule has 0 aromatic carbocycles. The van der Waals surface area contributed by atoms with E-state index in [1.165, 1.54) is 6.42 Å². The summed E-state index contributed by atoms with van der Waals surface area (Å²) < 4.78 is 7.78. The standard InChI is InChI=1S/C17H28N4O2/c1-19-10-11-21(13-15(19)17-18-8-9-20(17)2)16(22)7-6-14-5-3-4-12-23-14/h8-9,14-15H,3-7,10-13H2,1-2H3/t14-,15-/m1/s1. The minimum atomic E-state index is 0.179. The summed E-state index contributed by atoms with van der Waals surface area (Å²) in [5.41, 5.74) is 0. The zero-order chi connectivity index (χ0) is 16.2. The van der Waals surface area contributed by atoms with Gasteiger partial charge in [0.15, 0.2) is 0 Å². The number of hydrogen-bond acceptors (Lipinski definition) is 4. The molecule has 0 radical (unpaired) electrons. The van der Waals surface area contributed by atoms with Crippen LogP contribution in [0.25, 0.3) is 0 Å². The third-order valence-corrected chi connectivity index (χ3v) is 5.11. The lowest BCUT2D eigenvalue weighted by molar-refractivity contribution is -0.135. The van der Waals surface area contributed by atoms with Crippen LogP contribution < -0.4 is 0 Å². The van der Waals surface area contributed by atoms with Crippen LogP contribution in [0.15, 0.2) is 12.4 Å². The molecule has 0 unspecified atom stereocenters. The first-order chi connectivity index (χ1) is 11.1. The van der Waals surface area contributed by atoms with Gasteiger partial charge in [-0.3, -0.25) is 9.69 Å². The molecule has 0 spiro atoms. The van der Waals surface area contributed by atoms with Gasteiger partial charge in [-0.25, -0.2) is 4.98 Å². The van der Waals surface area contributed by atoms with Crippen molar-refractivity contribution in [2.45, 2.75) is 44.2 Å². The Hall–Kier alpha value is -1.40. The van der Waals surface area contributed by atoms with E-state index in [0.717, 1.165) is 51.3 Å². The number of piperazine rings is 1. The molecule has 2 aliphatic rings. The Labute approximate surface area is 138 Å². The molecule has 23 heavy (non-hydrogen) atoms. The van der Waals surface area contributed by atoms with E-state index in [4.69, 9.17) is 4.74 Å². The van der Waals surface area contributed by atoms with Crippen molar-refractivity contribution in [3.05, 3.63) is 18.2 Å². The normalized spacial score (nSPS) is 26.4. The van der Waals surface area contributed by atoms with Gasteiger partial charge in [0.05, 0.1) is 12.1 Å². The first kappa shape index (κ1) is 16.5. The van der Waals surface area contributed by atoms with Gasteiger partial charge >= 0.3 is 0 Å². The summed E-state index contributed by atoms with van der Waals surface area (Å²) in [4.78, 5) is 21.3. The third-order valence-electron chi connectivity index (χ3n) is 5.11. The number of carbonyl (C=O) groups is 1. The molecular weight excluding hydrogens is 292 g/mol. The highest BCUT2D eigenvalue weighted by molar-refractivity contribution is 5.76. The van der Waals surface area contributed by atoms with Gasteiger partial charge in [0.1, 0.15) is 5.82 Å². The molecule has 0 aliphatic carbocycles. The van der Waals surface area contributed by atoms with Crippen LogP contribution in [0, 0.1) is 0 Å². The summed E-state index contributed by atoms with van der Waals surface area (Å²) in [6.45, 7) is 3.28. The van der Waals surface area contributed by atoms with E-state index in [1.807, 2.05) is 28.9 Å². The predicted molar refractivity (Wildman–Crippen MR) is 88.0 cm³/mol. The summed E-state index contributed by atoms with van der Waals surface area (Å²) in [6.07, 6.45) is 9.02. The number of ether oxygens (including phenoxy) is 1. The maximum Gasteiger partial charge on any atom is 0.222 e. The lowest BCUT2D eigenvalue weighted by Crippen LogP contribution is -2.49. The summed E-state index contributed by atoms with van der Waals surface area (Å²) in [7, 11) is 4.12. The molecule has 0 bridgehead atoms. The Morgan fingerprint density at radius 1 is 1.35 bits per heavy atom. The van der Waals surface area contributed by atoms with Crippen LogP contribution in [0.2, 0.25) is 0 Å². The van der Waals surface area contributed by atoms with Crippen molar-refractivity contribution in [1.82, 2.24) is 19.4 Å². The van der Waals surface area contributed by atoms with Gasteiger partial charge in [0.25, 0.3) is 0 Å². The highest BCUT2D eigenvalue weighted by Crippen LogP contribution is 2.24. The fraction of sp³-hybridized carbons (Fsp3) is 0.765. The summed E-state index contributed by atoms with van der Waals surface area (Å²) >= 11 is 0. The Morgan fingerprint density at radius 2 is 2.22 bits per heavy atom. The van der Waals surface area contributed by atoms with E-state index in [9.17, 15) is 4.79 Å². The topological polar surface area (TPSA) is 50.6 Å². The minimum absolute atomic E-state index is 0.179. The molecule has 0 saturated carbocycles. The molecule has 2 atom stereocenters. The van der Waals surface area contributed by atoms with Crippen molar-refractivity contribution in [1.29, 1.82) is 0 Å². The van der Waals surface area contributed by atoms with E-state index in [0.29, 0.717) is 6.42 Å². The summed E-state index contributed by atoms with van der Waals surface area (Å²) in [6, 6.07) is 0.179. The Kier molecular flexibility index (Phi) is 5.33. The van der Waals surface area contributed by atoms with Gasteiger partial charge in [-0.05, 0) is 32.7 Å². The van der Waals surface area contributed by atoms with Crippen molar-refractivity contribution >= 4 is 5.91 Å². The quantitative estimate of drug-likeness (QED) is 0.845. The molecule has 1 aromatic rings. The van der Waals surface area contributed by atoms with Crippen LogP contribution >= 0.6 is 0 Å². The molecule has 1 aromatic heterocycles. The molecule has 128 valence electrons. The van der Waals surface area contributed by atoms with Gasteiger partial charge in [0.2, 0.25) is 5.91 Å². The van der Waals surface area contributed by atoms with Crippen molar-refractivity contribution in [2.75, 3.05) is 33.3 Å². The van der Waals surface area contributed by atoms with Crippen molar-refractivity contribution in [3.8, 4) is 0 Å². The molecule has 3 rings (SSSR count). The fourth-order valence-electron chi connectivity index (χ4n) is 3.55. The molecule has 2 aliphatic heterocycles. The molecule has 1 amide bonds. The number of amides is 1. The number of aryl methyl sites for hydroxylation is 1. The highest BCUT2D eigenvalue weighted by Gasteiger charge is 2.30. The maximum absolute atomic E-state index is 12.6. The molecule has 0 N–H and O–H groups in total. The summed E-state index contributed by atoms with van der Waals surface area (Å²) in [5, 5.41) is 0. The predicted octanol–water partition coefficient (Wildman–Crippen LogP) is 1.58. The number of imidazole rings is 1. The average Bonchev–Trinajstić information content (AvgIpc) is 3.00. The second-order valence-electron chi connectivity index (χ2n) is 6.76. The minimum Gasteiger partial charge on any atom is -0.378 e. The SMILES string of the molecule is CN1CCN(C(=O)CC[C@H]2CCCCO2)C[C@@H]1c1nccn1C. The van der Waals surface area contributed by atoms with E-state index in [-0.39, 0.29) is 18.1 Å². The van der Waals surface area contributed by atoms with E-state index in [1.54, 1.807) is 0 Å². The first-order valence-corrected chi connectivity index (χ1v) is 8.72. The highest BCUT2D eigenvalue weighted by atomic mass is 16.5. The maximum atomic E-state index is 12.6. The largest absolute Gasteiger partial charge is 0.378 e. The van der Waals surface area contributed by atoms with Crippen LogP contribution in [0.3, 0.4) is 0 Å². The number of rotatable bonds is 4. The molecule has 2 saturated heterocycles. The molecule has 2 fully saturated rings. The van der Waals surface area contributed by atoms with Crippen molar-refractivity contribution in [3.63, 3.8) is 0 Å². The van der Waals surface area contributed by atoms with E-state index < -0.39 is 0 Å². The zero-order valence-electron chi connectivity index (χ0n) is 14.3. The van der Waals surface area contributed by atoms with Crippen LogP contribution in [-0.4, -0.2) is 64.7 Å². The van der Waals surface area contributed by atoms with E-state index in [2.05, 4.69) is 16.9 Å². The van der Waals surface area contributed by atoms with Crippen molar-refractivity contribution in [2.24, 2.45) is 7.05 Å². The monoisotopic (exact) mass is 320 g/mol. The lowest BCUT2D eigenvalue weighted by Gasteiger charge is -2.39. The van der Waals surface area contributed by atoms with Gasteiger partial charge in [-0.2, -0.15) is 0 Å². The van der Waals surface area contributed by atoms with Crippen molar-refractivity contribution < 1.29 is 9.53 Å². The average molecular weight is 320 g/mol. The van der Waals surface area contributed by atoms with Crippen LogP contribution in [0.5, 0.6) is 0 Å². The smallest absolute Gasteiger partial charge is 0.222 e. The second kappa shape index (κ2) is 7.45. The second-order valence-corrected chi connectivity index (χ2v) is 6.76. The van der Waals surface area contributed by atoms with Gasteiger partial charge < -0.3 is 14.2 Å². The van der Waals surface area contributed by atoms with E-state index >= 15 is 0 Å². The number of hydrogen-bond donors (Lipinski definition) is 0. The number of likely N-dealkylation sites (N-methyl/N-ethyl adjacent to an activating group) is 1. The Balaban J connectivity index is 1.55. The van der Waals surface area contributed by atoms with Crippen LogP contribution in [0.4, 0.5) is 0 Å². The number of carbonyl (C=O) groups excluding carboxylic acids is 1. The lowest BCUT2D eigenvalue weighted by atomic mass is 10.0. The third kappa shape index (κ3) is 3.93. The van der Waals surface area contributed by atoms with Crippen LogP contribution in [0.1, 0.15) is 44.0 Å². The molecule has 6 heteroatoms.